The van der Waals surface area contributed by atoms with Gasteiger partial charge in [-0.3, -0.25) is 4.79 Å². The van der Waals surface area contributed by atoms with Gasteiger partial charge in [0.2, 0.25) is 5.91 Å². The molecule has 0 aromatic heterocycles. The van der Waals surface area contributed by atoms with Crippen molar-refractivity contribution >= 4 is 5.91 Å². The van der Waals surface area contributed by atoms with Gasteiger partial charge in [0.25, 0.3) is 0 Å². The molecule has 0 heterocycles. The number of carbonyl (C=O) groups excluding carboxylic acids is 1. The second-order valence-corrected chi connectivity index (χ2v) is 5.55. The zero-order chi connectivity index (χ0) is 12.1. The Morgan fingerprint density at radius 1 is 1.31 bits per heavy atom. The van der Waals surface area contributed by atoms with Crippen LogP contribution in [0.5, 0.6) is 0 Å². The first-order valence-corrected chi connectivity index (χ1v) is 6.55. The summed E-state index contributed by atoms with van der Waals surface area (Å²) in [5.74, 6) is 1.42. The SMILES string of the molecule is CC(N)CC(=O)NC1CCCCC1C(C)C. The summed E-state index contributed by atoms with van der Waals surface area (Å²) in [6.07, 6.45) is 5.38. The fraction of sp³-hybridized carbons (Fsp3) is 0.923. The first-order valence-electron chi connectivity index (χ1n) is 6.55. The lowest BCUT2D eigenvalue weighted by Crippen LogP contribution is -2.45. The summed E-state index contributed by atoms with van der Waals surface area (Å²) in [6.45, 7) is 6.38. The first-order chi connectivity index (χ1) is 7.50. The van der Waals surface area contributed by atoms with Crippen molar-refractivity contribution in [3.63, 3.8) is 0 Å². The first kappa shape index (κ1) is 13.5. The molecule has 0 bridgehead atoms. The Morgan fingerprint density at radius 2 is 1.94 bits per heavy atom. The minimum absolute atomic E-state index is 0.0407. The number of rotatable bonds is 4. The van der Waals surface area contributed by atoms with Crippen molar-refractivity contribution in [2.45, 2.75) is 65.0 Å². The molecule has 1 fully saturated rings. The molecule has 1 saturated carbocycles. The second-order valence-electron chi connectivity index (χ2n) is 5.55. The standard InChI is InChI=1S/C13H26N2O/c1-9(2)11-6-4-5-7-12(11)15-13(16)8-10(3)14/h9-12H,4-8,14H2,1-3H3,(H,15,16). The molecular formula is C13H26N2O. The van der Waals surface area contributed by atoms with Crippen molar-refractivity contribution in [3.8, 4) is 0 Å². The molecule has 3 atom stereocenters. The van der Waals surface area contributed by atoms with E-state index in [0.29, 0.717) is 24.3 Å². The highest BCUT2D eigenvalue weighted by atomic mass is 16.1. The van der Waals surface area contributed by atoms with Crippen molar-refractivity contribution in [1.82, 2.24) is 5.32 Å². The zero-order valence-electron chi connectivity index (χ0n) is 10.8. The Kier molecular flexibility index (Phi) is 5.26. The number of nitrogens with two attached hydrogens (primary N) is 1. The molecule has 3 N–H and O–H groups in total. The highest BCUT2D eigenvalue weighted by Gasteiger charge is 2.28. The molecule has 3 unspecified atom stereocenters. The van der Waals surface area contributed by atoms with Crippen LogP contribution >= 0.6 is 0 Å². The van der Waals surface area contributed by atoms with Gasteiger partial charge in [0.1, 0.15) is 0 Å². The molecule has 0 aromatic carbocycles. The molecule has 1 aliphatic carbocycles. The van der Waals surface area contributed by atoms with Crippen LogP contribution < -0.4 is 11.1 Å². The van der Waals surface area contributed by atoms with E-state index in [4.69, 9.17) is 5.73 Å². The van der Waals surface area contributed by atoms with Gasteiger partial charge in [-0.15, -0.1) is 0 Å². The summed E-state index contributed by atoms with van der Waals surface area (Å²) in [6, 6.07) is 0.334. The number of hydrogen-bond acceptors (Lipinski definition) is 2. The summed E-state index contributed by atoms with van der Waals surface area (Å²) >= 11 is 0. The molecule has 3 heteroatoms. The summed E-state index contributed by atoms with van der Waals surface area (Å²) in [5.41, 5.74) is 5.63. The molecule has 1 amide bonds. The van der Waals surface area contributed by atoms with Gasteiger partial charge in [0, 0.05) is 18.5 Å². The molecular weight excluding hydrogens is 200 g/mol. The Bertz CT molecular complexity index is 226. The molecule has 0 spiro atoms. The fourth-order valence-electron chi connectivity index (χ4n) is 2.69. The van der Waals surface area contributed by atoms with Crippen molar-refractivity contribution in [2.24, 2.45) is 17.6 Å². The van der Waals surface area contributed by atoms with Crippen LogP contribution in [-0.2, 0) is 4.79 Å². The van der Waals surface area contributed by atoms with E-state index in [1.54, 1.807) is 0 Å². The zero-order valence-corrected chi connectivity index (χ0v) is 10.8. The topological polar surface area (TPSA) is 55.1 Å². The van der Waals surface area contributed by atoms with Crippen molar-refractivity contribution in [1.29, 1.82) is 0 Å². The molecule has 0 radical (unpaired) electrons. The van der Waals surface area contributed by atoms with Crippen molar-refractivity contribution in [2.75, 3.05) is 0 Å². The van der Waals surface area contributed by atoms with Crippen LogP contribution in [0.15, 0.2) is 0 Å². The minimum atomic E-state index is -0.0407. The lowest BCUT2D eigenvalue weighted by molar-refractivity contribution is -0.122. The number of hydrogen-bond donors (Lipinski definition) is 2. The predicted molar refractivity (Wildman–Crippen MR) is 67.0 cm³/mol. The lowest BCUT2D eigenvalue weighted by atomic mass is 9.78. The second kappa shape index (κ2) is 6.24. The van der Waals surface area contributed by atoms with Crippen LogP contribution in [0.1, 0.15) is 52.9 Å². The molecule has 3 nitrogen and oxygen atoms in total. The molecule has 16 heavy (non-hydrogen) atoms. The third kappa shape index (κ3) is 4.12. The average Bonchev–Trinajstić information content (AvgIpc) is 2.16. The van der Waals surface area contributed by atoms with E-state index in [0.717, 1.165) is 6.42 Å². The number of amides is 1. The van der Waals surface area contributed by atoms with Gasteiger partial charge in [-0.1, -0.05) is 26.7 Å². The van der Waals surface area contributed by atoms with E-state index in [2.05, 4.69) is 19.2 Å². The van der Waals surface area contributed by atoms with Crippen LogP contribution in [0.3, 0.4) is 0 Å². The monoisotopic (exact) mass is 226 g/mol. The molecule has 94 valence electrons. The third-order valence-electron chi connectivity index (χ3n) is 3.53. The highest BCUT2D eigenvalue weighted by Crippen LogP contribution is 2.30. The van der Waals surface area contributed by atoms with E-state index < -0.39 is 0 Å². The normalized spacial score (nSPS) is 27.8. The average molecular weight is 226 g/mol. The van der Waals surface area contributed by atoms with E-state index >= 15 is 0 Å². The van der Waals surface area contributed by atoms with Gasteiger partial charge >= 0.3 is 0 Å². The maximum absolute atomic E-state index is 11.7. The van der Waals surface area contributed by atoms with E-state index in [-0.39, 0.29) is 11.9 Å². The van der Waals surface area contributed by atoms with Gasteiger partial charge in [-0.05, 0) is 31.6 Å². The Labute approximate surface area is 99.2 Å². The molecule has 1 rings (SSSR count). The van der Waals surface area contributed by atoms with E-state index in [1.165, 1.54) is 19.3 Å². The van der Waals surface area contributed by atoms with E-state index in [9.17, 15) is 4.79 Å². The Balaban J connectivity index is 2.46. The van der Waals surface area contributed by atoms with Crippen molar-refractivity contribution in [3.05, 3.63) is 0 Å². The third-order valence-corrected chi connectivity index (χ3v) is 3.53. The summed E-state index contributed by atoms with van der Waals surface area (Å²) in [4.78, 5) is 11.7. The van der Waals surface area contributed by atoms with E-state index in [1.807, 2.05) is 6.92 Å². The Morgan fingerprint density at radius 3 is 2.50 bits per heavy atom. The van der Waals surface area contributed by atoms with Gasteiger partial charge < -0.3 is 11.1 Å². The van der Waals surface area contributed by atoms with Crippen LogP contribution in [0.4, 0.5) is 0 Å². The fourth-order valence-corrected chi connectivity index (χ4v) is 2.69. The molecule has 0 aliphatic heterocycles. The summed E-state index contributed by atoms with van der Waals surface area (Å²) in [7, 11) is 0. The smallest absolute Gasteiger partial charge is 0.221 e. The van der Waals surface area contributed by atoms with Crippen LogP contribution in [-0.4, -0.2) is 18.0 Å². The van der Waals surface area contributed by atoms with Gasteiger partial charge in [-0.25, -0.2) is 0 Å². The minimum Gasteiger partial charge on any atom is -0.353 e. The summed E-state index contributed by atoms with van der Waals surface area (Å²) < 4.78 is 0. The quantitative estimate of drug-likeness (QED) is 0.771. The maximum Gasteiger partial charge on any atom is 0.221 e. The highest BCUT2D eigenvalue weighted by molar-refractivity contribution is 5.76. The molecule has 0 aromatic rings. The van der Waals surface area contributed by atoms with Gasteiger partial charge in [0.15, 0.2) is 0 Å². The maximum atomic E-state index is 11.7. The predicted octanol–water partition coefficient (Wildman–Crippen LogP) is 2.05. The largest absolute Gasteiger partial charge is 0.353 e. The number of carbonyl (C=O) groups is 1. The van der Waals surface area contributed by atoms with Crippen LogP contribution in [0, 0.1) is 11.8 Å². The van der Waals surface area contributed by atoms with Crippen LogP contribution in [0.2, 0.25) is 0 Å². The van der Waals surface area contributed by atoms with Gasteiger partial charge in [-0.2, -0.15) is 0 Å². The van der Waals surface area contributed by atoms with Crippen molar-refractivity contribution < 1.29 is 4.79 Å². The molecule has 1 aliphatic rings. The van der Waals surface area contributed by atoms with Gasteiger partial charge in [0.05, 0.1) is 0 Å². The number of nitrogens with one attached hydrogen (secondary N) is 1. The van der Waals surface area contributed by atoms with Crippen LogP contribution in [0.25, 0.3) is 0 Å². The summed E-state index contributed by atoms with van der Waals surface area (Å²) in [5, 5.41) is 3.16. The lowest BCUT2D eigenvalue weighted by Gasteiger charge is -2.35. The Hall–Kier alpha value is -0.570. The molecule has 0 saturated heterocycles.